The molecule has 116 valence electrons. The minimum absolute atomic E-state index is 0.159. The summed E-state index contributed by atoms with van der Waals surface area (Å²) < 4.78 is 0. The molecule has 0 saturated carbocycles. The first kappa shape index (κ1) is 15.9. The Balaban J connectivity index is 1.72. The van der Waals surface area contributed by atoms with Gasteiger partial charge in [-0.25, -0.2) is 0 Å². The maximum atomic E-state index is 10.6. The Kier molecular flexibility index (Phi) is 5.70. The van der Waals surface area contributed by atoms with Crippen LogP contribution in [0.15, 0.2) is 24.3 Å². The Bertz CT molecular complexity index is 453. The van der Waals surface area contributed by atoms with Gasteiger partial charge in [0.1, 0.15) is 0 Å². The average molecular weight is 291 g/mol. The van der Waals surface area contributed by atoms with Gasteiger partial charge in [-0.2, -0.15) is 0 Å². The summed E-state index contributed by atoms with van der Waals surface area (Å²) in [5.41, 5.74) is 1.30. The molecule has 1 atom stereocenters. The Morgan fingerprint density at radius 3 is 2.52 bits per heavy atom. The third kappa shape index (κ3) is 4.79. The van der Waals surface area contributed by atoms with Crippen molar-refractivity contribution in [2.45, 2.75) is 32.2 Å². The van der Waals surface area contributed by atoms with E-state index in [0.717, 1.165) is 24.4 Å². The molecule has 0 aromatic heterocycles. The van der Waals surface area contributed by atoms with E-state index in [9.17, 15) is 10.1 Å². The molecule has 1 aromatic rings. The molecule has 0 amide bonds. The van der Waals surface area contributed by atoms with Gasteiger partial charge in [-0.3, -0.25) is 10.1 Å². The number of non-ortho nitro benzene ring substituents is 1. The number of likely N-dealkylation sites (tertiary alicyclic amines) is 1. The lowest BCUT2D eigenvalue weighted by Crippen LogP contribution is -2.41. The van der Waals surface area contributed by atoms with Crippen molar-refractivity contribution in [3.63, 3.8) is 0 Å². The van der Waals surface area contributed by atoms with E-state index >= 15 is 0 Å². The molecule has 1 N–H and O–H groups in total. The zero-order valence-electron chi connectivity index (χ0n) is 12.9. The smallest absolute Gasteiger partial charge is 0.269 e. The van der Waals surface area contributed by atoms with E-state index in [2.05, 4.69) is 24.2 Å². The predicted molar refractivity (Wildman–Crippen MR) is 84.5 cm³/mol. The third-order valence-corrected chi connectivity index (χ3v) is 4.50. The molecule has 1 aromatic carbocycles. The summed E-state index contributed by atoms with van der Waals surface area (Å²) in [7, 11) is 2.18. The van der Waals surface area contributed by atoms with E-state index in [1.165, 1.54) is 25.9 Å². The van der Waals surface area contributed by atoms with E-state index in [1.54, 1.807) is 12.1 Å². The highest BCUT2D eigenvalue weighted by atomic mass is 16.6. The Labute approximate surface area is 126 Å². The quantitative estimate of drug-likeness (QED) is 0.646. The fourth-order valence-electron chi connectivity index (χ4n) is 2.92. The highest BCUT2D eigenvalue weighted by Gasteiger charge is 2.21. The van der Waals surface area contributed by atoms with Gasteiger partial charge < -0.3 is 10.2 Å². The van der Waals surface area contributed by atoms with Crippen molar-refractivity contribution < 1.29 is 4.92 Å². The van der Waals surface area contributed by atoms with E-state index in [4.69, 9.17) is 0 Å². The Hall–Kier alpha value is -1.46. The number of nitro benzene ring substituents is 1. The number of nitro groups is 1. The summed E-state index contributed by atoms with van der Waals surface area (Å²) in [6.45, 7) is 5.58. The second kappa shape index (κ2) is 7.52. The minimum atomic E-state index is -0.357. The van der Waals surface area contributed by atoms with Crippen molar-refractivity contribution in [1.29, 1.82) is 0 Å². The zero-order valence-corrected chi connectivity index (χ0v) is 12.9. The van der Waals surface area contributed by atoms with Crippen molar-refractivity contribution in [3.8, 4) is 0 Å². The second-order valence-corrected chi connectivity index (χ2v) is 6.06. The SMILES string of the molecule is CC(NCCc1ccc([N+](=O)[O-])cc1)C1CCN(C)CC1. The molecule has 2 rings (SSSR count). The molecule has 1 fully saturated rings. The topological polar surface area (TPSA) is 58.4 Å². The maximum Gasteiger partial charge on any atom is 0.269 e. The van der Waals surface area contributed by atoms with E-state index < -0.39 is 0 Å². The van der Waals surface area contributed by atoms with Crippen LogP contribution in [0.4, 0.5) is 5.69 Å². The number of nitrogens with zero attached hydrogens (tertiary/aromatic N) is 2. The van der Waals surface area contributed by atoms with Crippen LogP contribution < -0.4 is 5.32 Å². The number of rotatable bonds is 6. The van der Waals surface area contributed by atoms with Gasteiger partial charge in [0, 0.05) is 18.2 Å². The lowest BCUT2D eigenvalue weighted by molar-refractivity contribution is -0.384. The van der Waals surface area contributed by atoms with Crippen LogP contribution in [0, 0.1) is 16.0 Å². The molecule has 0 aliphatic carbocycles. The van der Waals surface area contributed by atoms with Gasteiger partial charge in [-0.1, -0.05) is 12.1 Å². The van der Waals surface area contributed by atoms with Crippen LogP contribution >= 0.6 is 0 Å². The highest BCUT2D eigenvalue weighted by molar-refractivity contribution is 5.32. The van der Waals surface area contributed by atoms with Gasteiger partial charge >= 0.3 is 0 Å². The fraction of sp³-hybridized carbons (Fsp3) is 0.625. The monoisotopic (exact) mass is 291 g/mol. The van der Waals surface area contributed by atoms with Crippen molar-refractivity contribution in [2.75, 3.05) is 26.7 Å². The van der Waals surface area contributed by atoms with Crippen LogP contribution in [0.1, 0.15) is 25.3 Å². The molecule has 5 heteroatoms. The van der Waals surface area contributed by atoms with Gasteiger partial charge in [0.25, 0.3) is 5.69 Å². The van der Waals surface area contributed by atoms with Crippen molar-refractivity contribution in [2.24, 2.45) is 5.92 Å². The molecule has 21 heavy (non-hydrogen) atoms. The summed E-state index contributed by atoms with van der Waals surface area (Å²) in [6, 6.07) is 7.39. The van der Waals surface area contributed by atoms with Gasteiger partial charge in [0.2, 0.25) is 0 Å². The lowest BCUT2D eigenvalue weighted by Gasteiger charge is -2.33. The molecule has 0 bridgehead atoms. The standard InChI is InChI=1S/C16H25N3O2/c1-13(15-8-11-18(2)12-9-15)17-10-7-14-3-5-16(6-4-14)19(20)21/h3-6,13,15,17H,7-12H2,1-2H3. The molecule has 1 saturated heterocycles. The number of nitrogens with one attached hydrogen (secondary N) is 1. The third-order valence-electron chi connectivity index (χ3n) is 4.50. The summed E-state index contributed by atoms with van der Waals surface area (Å²) >= 11 is 0. The van der Waals surface area contributed by atoms with Gasteiger partial charge in [0.15, 0.2) is 0 Å². The van der Waals surface area contributed by atoms with E-state index in [1.807, 2.05) is 12.1 Å². The number of benzene rings is 1. The Morgan fingerprint density at radius 2 is 1.95 bits per heavy atom. The summed E-state index contributed by atoms with van der Waals surface area (Å²) in [5, 5.41) is 14.2. The first-order valence-corrected chi connectivity index (χ1v) is 7.71. The van der Waals surface area contributed by atoms with Gasteiger partial charge in [-0.05, 0) is 64.3 Å². The minimum Gasteiger partial charge on any atom is -0.314 e. The molecule has 1 aliphatic heterocycles. The number of hydrogen-bond acceptors (Lipinski definition) is 4. The molecule has 0 radical (unpaired) electrons. The van der Waals surface area contributed by atoms with Crippen LogP contribution in [0.2, 0.25) is 0 Å². The highest BCUT2D eigenvalue weighted by Crippen LogP contribution is 2.19. The largest absolute Gasteiger partial charge is 0.314 e. The maximum absolute atomic E-state index is 10.6. The molecular formula is C16H25N3O2. The normalized spacial score (nSPS) is 18.6. The number of hydrogen-bond donors (Lipinski definition) is 1. The van der Waals surface area contributed by atoms with Crippen molar-refractivity contribution in [3.05, 3.63) is 39.9 Å². The summed E-state index contributed by atoms with van der Waals surface area (Å²) in [4.78, 5) is 12.6. The van der Waals surface area contributed by atoms with Crippen LogP contribution in [-0.2, 0) is 6.42 Å². The summed E-state index contributed by atoms with van der Waals surface area (Å²) in [5.74, 6) is 0.762. The van der Waals surface area contributed by atoms with Crippen molar-refractivity contribution >= 4 is 5.69 Å². The lowest BCUT2D eigenvalue weighted by atomic mass is 9.90. The van der Waals surface area contributed by atoms with Gasteiger partial charge in [-0.15, -0.1) is 0 Å². The average Bonchev–Trinajstić information content (AvgIpc) is 2.48. The zero-order chi connectivity index (χ0) is 15.2. The molecule has 5 nitrogen and oxygen atoms in total. The van der Waals surface area contributed by atoms with Gasteiger partial charge in [0.05, 0.1) is 4.92 Å². The van der Waals surface area contributed by atoms with Crippen LogP contribution in [0.25, 0.3) is 0 Å². The molecule has 1 unspecified atom stereocenters. The van der Waals surface area contributed by atoms with E-state index in [0.29, 0.717) is 6.04 Å². The first-order valence-electron chi connectivity index (χ1n) is 7.71. The molecule has 0 spiro atoms. The molecule has 1 heterocycles. The molecular weight excluding hydrogens is 266 g/mol. The second-order valence-electron chi connectivity index (χ2n) is 6.06. The summed E-state index contributed by atoms with van der Waals surface area (Å²) in [6.07, 6.45) is 3.44. The predicted octanol–water partition coefficient (Wildman–Crippen LogP) is 2.46. The van der Waals surface area contributed by atoms with Crippen LogP contribution in [-0.4, -0.2) is 42.5 Å². The first-order chi connectivity index (χ1) is 10.1. The Morgan fingerprint density at radius 1 is 1.33 bits per heavy atom. The van der Waals surface area contributed by atoms with Crippen LogP contribution in [0.5, 0.6) is 0 Å². The van der Waals surface area contributed by atoms with E-state index in [-0.39, 0.29) is 10.6 Å². The fourth-order valence-corrected chi connectivity index (χ4v) is 2.92. The molecule has 1 aliphatic rings. The number of piperidine rings is 1. The van der Waals surface area contributed by atoms with Crippen LogP contribution in [0.3, 0.4) is 0 Å². The van der Waals surface area contributed by atoms with Crippen molar-refractivity contribution in [1.82, 2.24) is 10.2 Å².